The topological polar surface area (TPSA) is 75.8 Å². The number of carbonyl (C=O) groups is 1. The van der Waals surface area contributed by atoms with Gasteiger partial charge in [-0.2, -0.15) is 0 Å². The number of nitrogens with zero attached hydrogens (tertiary/aromatic N) is 1. The van der Waals surface area contributed by atoms with Crippen LogP contribution in [0.5, 0.6) is 0 Å². The highest BCUT2D eigenvalue weighted by Gasteiger charge is 2.30. The number of ether oxygens (including phenoxy) is 1. The van der Waals surface area contributed by atoms with Crippen LogP contribution in [0.25, 0.3) is 0 Å². The molecule has 5 nitrogen and oxygen atoms in total. The van der Waals surface area contributed by atoms with Crippen molar-refractivity contribution in [2.75, 3.05) is 30.9 Å². The third-order valence-electron chi connectivity index (χ3n) is 3.15. The highest BCUT2D eigenvalue weighted by atomic mass is 16.5. The molecular weight excluding hydrogens is 232 g/mol. The fourth-order valence-corrected chi connectivity index (χ4v) is 2.07. The lowest BCUT2D eigenvalue weighted by molar-refractivity contribution is 0.0698. The van der Waals surface area contributed by atoms with Gasteiger partial charge < -0.3 is 20.5 Å². The van der Waals surface area contributed by atoms with E-state index < -0.39 is 5.97 Å². The first-order valence-corrected chi connectivity index (χ1v) is 6.02. The van der Waals surface area contributed by atoms with Crippen molar-refractivity contribution in [1.29, 1.82) is 0 Å². The van der Waals surface area contributed by atoms with E-state index >= 15 is 0 Å². The first-order valence-electron chi connectivity index (χ1n) is 6.02. The number of benzene rings is 1. The number of nitrogen functional groups attached to an aromatic ring is 1. The van der Waals surface area contributed by atoms with Crippen molar-refractivity contribution in [1.82, 2.24) is 0 Å². The van der Waals surface area contributed by atoms with Gasteiger partial charge in [-0.05, 0) is 25.0 Å². The molecule has 1 aromatic carbocycles. The van der Waals surface area contributed by atoms with Crippen molar-refractivity contribution >= 4 is 17.3 Å². The van der Waals surface area contributed by atoms with Crippen LogP contribution in [-0.2, 0) is 4.74 Å². The van der Waals surface area contributed by atoms with Gasteiger partial charge in [0.1, 0.15) is 0 Å². The Balaban J connectivity index is 2.29. The summed E-state index contributed by atoms with van der Waals surface area (Å²) in [6.45, 7) is 1.33. The van der Waals surface area contributed by atoms with Crippen LogP contribution in [0, 0.1) is 0 Å². The second kappa shape index (κ2) is 5.27. The number of rotatable bonds is 6. The predicted octanol–water partition coefficient (Wildman–Crippen LogP) is 1.58. The zero-order valence-corrected chi connectivity index (χ0v) is 10.4. The molecule has 0 saturated heterocycles. The monoisotopic (exact) mass is 250 g/mol. The number of para-hydroxylation sites is 1. The molecular formula is C13H18N2O3. The number of nitrogens with two attached hydrogens (primary N) is 1. The predicted molar refractivity (Wildman–Crippen MR) is 70.1 cm³/mol. The van der Waals surface area contributed by atoms with E-state index in [2.05, 4.69) is 4.90 Å². The summed E-state index contributed by atoms with van der Waals surface area (Å²) in [5, 5.41) is 9.08. The lowest BCUT2D eigenvalue weighted by atomic mass is 10.1. The molecule has 0 atom stereocenters. The second-order valence-electron chi connectivity index (χ2n) is 4.46. The van der Waals surface area contributed by atoms with E-state index in [-0.39, 0.29) is 5.56 Å². The van der Waals surface area contributed by atoms with Crippen LogP contribution >= 0.6 is 0 Å². The molecule has 5 heteroatoms. The molecule has 1 aliphatic rings. The van der Waals surface area contributed by atoms with Gasteiger partial charge in [0.2, 0.25) is 0 Å². The van der Waals surface area contributed by atoms with Gasteiger partial charge in [0.05, 0.1) is 23.5 Å². The fourth-order valence-electron chi connectivity index (χ4n) is 2.07. The van der Waals surface area contributed by atoms with E-state index in [1.54, 1.807) is 13.2 Å². The zero-order chi connectivity index (χ0) is 13.1. The van der Waals surface area contributed by atoms with Crippen LogP contribution in [0.15, 0.2) is 18.2 Å². The van der Waals surface area contributed by atoms with Crippen molar-refractivity contribution in [2.24, 2.45) is 0 Å². The average Bonchev–Trinajstić information content (AvgIpc) is 3.15. The van der Waals surface area contributed by atoms with Gasteiger partial charge in [-0.15, -0.1) is 0 Å². The number of carboxylic acid groups (broad SMARTS) is 1. The van der Waals surface area contributed by atoms with E-state index in [4.69, 9.17) is 15.6 Å². The largest absolute Gasteiger partial charge is 0.478 e. The summed E-state index contributed by atoms with van der Waals surface area (Å²) >= 11 is 0. The van der Waals surface area contributed by atoms with Gasteiger partial charge in [0.15, 0.2) is 0 Å². The molecule has 0 heterocycles. The Morgan fingerprint density at radius 3 is 2.83 bits per heavy atom. The first kappa shape index (κ1) is 12.7. The van der Waals surface area contributed by atoms with E-state index in [1.165, 1.54) is 6.07 Å². The maximum atomic E-state index is 11.1. The molecule has 0 unspecified atom stereocenters. The van der Waals surface area contributed by atoms with Crippen LogP contribution in [0.4, 0.5) is 11.4 Å². The smallest absolute Gasteiger partial charge is 0.337 e. The Hall–Kier alpha value is -1.75. The van der Waals surface area contributed by atoms with Crippen LogP contribution in [0.1, 0.15) is 23.2 Å². The Kier molecular flexibility index (Phi) is 3.72. The molecule has 98 valence electrons. The Labute approximate surface area is 106 Å². The number of hydrogen-bond donors (Lipinski definition) is 2. The highest BCUT2D eigenvalue weighted by Crippen LogP contribution is 2.35. The lowest BCUT2D eigenvalue weighted by Crippen LogP contribution is -2.30. The van der Waals surface area contributed by atoms with E-state index in [0.29, 0.717) is 18.3 Å². The minimum absolute atomic E-state index is 0.163. The van der Waals surface area contributed by atoms with Crippen molar-refractivity contribution < 1.29 is 14.6 Å². The standard InChI is InChI=1S/C13H18N2O3/c1-18-8-7-15(9-5-6-9)11-4-2-3-10(12(11)14)13(16)17/h2-4,9H,5-8,14H2,1H3,(H,16,17). The summed E-state index contributed by atoms with van der Waals surface area (Å²) in [6, 6.07) is 5.60. The molecule has 18 heavy (non-hydrogen) atoms. The Bertz CT molecular complexity index is 444. The SMILES string of the molecule is COCCN(c1cccc(C(=O)O)c1N)C1CC1. The number of anilines is 2. The van der Waals surface area contributed by atoms with Gasteiger partial charge in [0.25, 0.3) is 0 Å². The van der Waals surface area contributed by atoms with Gasteiger partial charge in [0, 0.05) is 19.7 Å². The highest BCUT2D eigenvalue weighted by molar-refractivity contribution is 5.97. The summed E-state index contributed by atoms with van der Waals surface area (Å²) in [7, 11) is 1.65. The molecule has 3 N–H and O–H groups in total. The Morgan fingerprint density at radius 1 is 1.56 bits per heavy atom. The molecule has 0 aliphatic heterocycles. The average molecular weight is 250 g/mol. The van der Waals surface area contributed by atoms with E-state index in [0.717, 1.165) is 25.1 Å². The maximum absolute atomic E-state index is 11.1. The molecule has 1 saturated carbocycles. The minimum Gasteiger partial charge on any atom is -0.478 e. The van der Waals surface area contributed by atoms with Crippen LogP contribution in [0.3, 0.4) is 0 Å². The van der Waals surface area contributed by atoms with Crippen LogP contribution < -0.4 is 10.6 Å². The molecule has 0 bridgehead atoms. The summed E-state index contributed by atoms with van der Waals surface area (Å²) in [5.74, 6) is -0.989. The molecule has 0 aromatic heterocycles. The van der Waals surface area contributed by atoms with Crippen molar-refractivity contribution in [3.8, 4) is 0 Å². The molecule has 1 aromatic rings. The van der Waals surface area contributed by atoms with Crippen molar-refractivity contribution in [2.45, 2.75) is 18.9 Å². The number of methoxy groups -OCH3 is 1. The summed E-state index contributed by atoms with van der Waals surface area (Å²) < 4.78 is 5.09. The molecule has 2 rings (SSSR count). The van der Waals surface area contributed by atoms with Gasteiger partial charge >= 0.3 is 5.97 Å². The summed E-state index contributed by atoms with van der Waals surface area (Å²) in [5.41, 5.74) is 7.26. The second-order valence-corrected chi connectivity index (χ2v) is 4.46. The van der Waals surface area contributed by atoms with Crippen LogP contribution in [0.2, 0.25) is 0 Å². The van der Waals surface area contributed by atoms with Crippen molar-refractivity contribution in [3.63, 3.8) is 0 Å². The Morgan fingerprint density at radius 2 is 2.28 bits per heavy atom. The number of carboxylic acids is 1. The minimum atomic E-state index is -0.989. The van der Waals surface area contributed by atoms with Gasteiger partial charge in [-0.1, -0.05) is 6.07 Å². The van der Waals surface area contributed by atoms with Gasteiger partial charge in [-0.25, -0.2) is 4.79 Å². The molecule has 0 radical (unpaired) electrons. The third-order valence-corrected chi connectivity index (χ3v) is 3.15. The molecule has 0 amide bonds. The number of hydrogen-bond acceptors (Lipinski definition) is 4. The van der Waals surface area contributed by atoms with E-state index in [9.17, 15) is 4.79 Å². The van der Waals surface area contributed by atoms with Gasteiger partial charge in [-0.3, -0.25) is 0 Å². The first-order chi connectivity index (χ1) is 8.65. The molecule has 1 fully saturated rings. The van der Waals surface area contributed by atoms with E-state index in [1.807, 2.05) is 6.07 Å². The normalized spacial score (nSPS) is 14.5. The zero-order valence-electron chi connectivity index (χ0n) is 10.4. The lowest BCUT2D eigenvalue weighted by Gasteiger charge is -2.26. The van der Waals surface area contributed by atoms with Crippen LogP contribution in [-0.4, -0.2) is 37.4 Å². The molecule has 0 spiro atoms. The summed E-state index contributed by atoms with van der Waals surface area (Å²) in [6.07, 6.45) is 2.25. The molecule has 1 aliphatic carbocycles. The maximum Gasteiger partial charge on any atom is 0.337 e. The fraction of sp³-hybridized carbons (Fsp3) is 0.462. The van der Waals surface area contributed by atoms with Crippen molar-refractivity contribution in [3.05, 3.63) is 23.8 Å². The summed E-state index contributed by atoms with van der Waals surface area (Å²) in [4.78, 5) is 13.2. The third kappa shape index (κ3) is 2.56. The number of aromatic carboxylic acids is 1. The quantitative estimate of drug-likeness (QED) is 0.750.